The van der Waals surface area contributed by atoms with E-state index in [-0.39, 0.29) is 11.9 Å². The Hall–Kier alpha value is -2.60. The SMILES string of the molecule is CCOC(=O)c1cc(-c2ccc(C)cn2)cc(-c2snnc2C(C)C)c1. The van der Waals surface area contributed by atoms with Crippen molar-refractivity contribution in [2.45, 2.75) is 33.6 Å². The highest BCUT2D eigenvalue weighted by molar-refractivity contribution is 7.09. The third kappa shape index (κ3) is 3.80. The van der Waals surface area contributed by atoms with Crippen LogP contribution >= 0.6 is 11.5 Å². The molecule has 0 amide bonds. The molecule has 0 aliphatic heterocycles. The Balaban J connectivity index is 2.16. The van der Waals surface area contributed by atoms with E-state index >= 15 is 0 Å². The lowest BCUT2D eigenvalue weighted by Gasteiger charge is -2.10. The van der Waals surface area contributed by atoms with E-state index in [2.05, 4.69) is 28.4 Å². The molecular formula is C20H21N3O2S. The zero-order valence-corrected chi connectivity index (χ0v) is 16.1. The number of esters is 1. The van der Waals surface area contributed by atoms with Gasteiger partial charge in [-0.25, -0.2) is 4.79 Å². The van der Waals surface area contributed by atoms with Gasteiger partial charge in [0.05, 0.1) is 28.4 Å². The molecule has 1 aromatic carbocycles. The first-order valence-corrected chi connectivity index (χ1v) is 9.34. The lowest BCUT2D eigenvalue weighted by molar-refractivity contribution is 0.0526. The van der Waals surface area contributed by atoms with E-state index in [0.717, 1.165) is 33.0 Å². The number of rotatable bonds is 5. The molecule has 5 nitrogen and oxygen atoms in total. The van der Waals surface area contributed by atoms with Crippen LogP contribution in [-0.2, 0) is 4.74 Å². The van der Waals surface area contributed by atoms with E-state index in [0.29, 0.717) is 12.2 Å². The normalized spacial score (nSPS) is 11.0. The minimum absolute atomic E-state index is 0.246. The summed E-state index contributed by atoms with van der Waals surface area (Å²) in [5.74, 6) is -0.0952. The highest BCUT2D eigenvalue weighted by atomic mass is 32.1. The minimum Gasteiger partial charge on any atom is -0.462 e. The number of benzene rings is 1. The van der Waals surface area contributed by atoms with Gasteiger partial charge in [-0.1, -0.05) is 24.4 Å². The average molecular weight is 367 g/mol. The van der Waals surface area contributed by atoms with Gasteiger partial charge in [-0.15, -0.1) is 5.10 Å². The fraction of sp³-hybridized carbons (Fsp3) is 0.300. The second-order valence-corrected chi connectivity index (χ2v) is 7.14. The second-order valence-electron chi connectivity index (χ2n) is 6.38. The van der Waals surface area contributed by atoms with Crippen molar-refractivity contribution in [2.24, 2.45) is 0 Å². The van der Waals surface area contributed by atoms with Crippen molar-refractivity contribution in [3.63, 3.8) is 0 Å². The van der Waals surface area contributed by atoms with Gasteiger partial charge in [0.1, 0.15) is 0 Å². The average Bonchev–Trinajstić information content (AvgIpc) is 3.12. The largest absolute Gasteiger partial charge is 0.462 e. The van der Waals surface area contributed by atoms with Gasteiger partial charge >= 0.3 is 5.97 Å². The minimum atomic E-state index is -0.341. The van der Waals surface area contributed by atoms with Crippen molar-refractivity contribution >= 4 is 17.5 Å². The van der Waals surface area contributed by atoms with Crippen LogP contribution in [-0.4, -0.2) is 27.1 Å². The molecule has 26 heavy (non-hydrogen) atoms. The van der Waals surface area contributed by atoms with Crippen molar-refractivity contribution in [1.82, 2.24) is 14.6 Å². The third-order valence-corrected chi connectivity index (χ3v) is 4.76. The van der Waals surface area contributed by atoms with Gasteiger partial charge in [-0.05, 0) is 66.7 Å². The number of nitrogens with zero attached hydrogens (tertiary/aromatic N) is 3. The first-order chi connectivity index (χ1) is 12.5. The van der Waals surface area contributed by atoms with E-state index in [1.54, 1.807) is 6.92 Å². The maximum absolute atomic E-state index is 12.4. The van der Waals surface area contributed by atoms with Gasteiger partial charge in [0.2, 0.25) is 0 Å². The number of pyridine rings is 1. The molecule has 0 N–H and O–H groups in total. The summed E-state index contributed by atoms with van der Waals surface area (Å²) in [4.78, 5) is 17.8. The van der Waals surface area contributed by atoms with Crippen LogP contribution in [0.2, 0.25) is 0 Å². The van der Waals surface area contributed by atoms with Crippen LogP contribution in [0.15, 0.2) is 36.5 Å². The molecule has 3 aromatic rings. The monoisotopic (exact) mass is 367 g/mol. The highest BCUT2D eigenvalue weighted by Crippen LogP contribution is 2.34. The molecule has 3 rings (SSSR count). The summed E-state index contributed by atoms with van der Waals surface area (Å²) >= 11 is 1.34. The lowest BCUT2D eigenvalue weighted by atomic mass is 9.99. The predicted octanol–water partition coefficient (Wildman–Crippen LogP) is 4.88. The standard InChI is InChI=1S/C20H21N3O2S/c1-5-25-20(24)16-9-14(17-7-6-13(4)11-21-17)8-15(10-16)19-18(12(2)3)22-23-26-19/h6-12H,5H2,1-4H3. The van der Waals surface area contributed by atoms with Crippen molar-refractivity contribution in [1.29, 1.82) is 0 Å². The molecule has 6 heteroatoms. The van der Waals surface area contributed by atoms with Crippen LogP contribution in [0.1, 0.15) is 48.3 Å². The number of ether oxygens (including phenoxy) is 1. The summed E-state index contributed by atoms with van der Waals surface area (Å²) in [6.45, 7) is 8.29. The lowest BCUT2D eigenvalue weighted by Crippen LogP contribution is -2.05. The topological polar surface area (TPSA) is 65.0 Å². The van der Waals surface area contributed by atoms with Crippen LogP contribution in [0, 0.1) is 6.92 Å². The molecular weight excluding hydrogens is 346 g/mol. The number of aromatic nitrogens is 3. The zero-order valence-electron chi connectivity index (χ0n) is 15.3. The Kier molecular flexibility index (Phi) is 5.42. The molecule has 0 unspecified atom stereocenters. The molecule has 0 aliphatic rings. The van der Waals surface area contributed by atoms with E-state index in [1.165, 1.54) is 11.5 Å². The third-order valence-electron chi connectivity index (χ3n) is 3.97. The van der Waals surface area contributed by atoms with E-state index in [9.17, 15) is 4.79 Å². The first-order valence-electron chi connectivity index (χ1n) is 8.57. The summed E-state index contributed by atoms with van der Waals surface area (Å²) in [6.07, 6.45) is 1.82. The first kappa shape index (κ1) is 18.2. The van der Waals surface area contributed by atoms with Gasteiger partial charge in [-0.3, -0.25) is 4.98 Å². The molecule has 134 valence electrons. The highest BCUT2D eigenvalue weighted by Gasteiger charge is 2.18. The summed E-state index contributed by atoms with van der Waals surface area (Å²) in [5, 5.41) is 4.25. The van der Waals surface area contributed by atoms with E-state index in [4.69, 9.17) is 4.74 Å². The van der Waals surface area contributed by atoms with Crippen molar-refractivity contribution < 1.29 is 9.53 Å². The molecule has 2 aromatic heterocycles. The number of hydrogen-bond acceptors (Lipinski definition) is 6. The van der Waals surface area contributed by atoms with Gasteiger partial charge in [0, 0.05) is 11.8 Å². The van der Waals surface area contributed by atoms with Gasteiger partial charge in [-0.2, -0.15) is 0 Å². The number of carbonyl (C=O) groups is 1. The smallest absolute Gasteiger partial charge is 0.338 e. The Labute approximate surface area is 157 Å². The van der Waals surface area contributed by atoms with E-state index < -0.39 is 0 Å². The van der Waals surface area contributed by atoms with Gasteiger partial charge < -0.3 is 4.74 Å². The molecule has 0 fully saturated rings. The van der Waals surface area contributed by atoms with E-state index in [1.807, 2.05) is 43.5 Å². The quantitative estimate of drug-likeness (QED) is 0.602. The summed E-state index contributed by atoms with van der Waals surface area (Å²) in [5.41, 5.74) is 5.11. The summed E-state index contributed by atoms with van der Waals surface area (Å²) in [6, 6.07) is 9.66. The van der Waals surface area contributed by atoms with Gasteiger partial charge in [0.25, 0.3) is 0 Å². The van der Waals surface area contributed by atoms with Gasteiger partial charge in [0.15, 0.2) is 0 Å². The summed E-state index contributed by atoms with van der Waals surface area (Å²) in [7, 11) is 0. The molecule has 0 atom stereocenters. The zero-order chi connectivity index (χ0) is 18.7. The maximum atomic E-state index is 12.4. The Morgan fingerprint density at radius 2 is 1.96 bits per heavy atom. The Morgan fingerprint density at radius 3 is 2.62 bits per heavy atom. The van der Waals surface area contributed by atoms with Crippen LogP contribution in [0.3, 0.4) is 0 Å². The van der Waals surface area contributed by atoms with Crippen LogP contribution < -0.4 is 0 Å². The molecule has 0 bridgehead atoms. The number of carbonyl (C=O) groups excluding carboxylic acids is 1. The van der Waals surface area contributed by atoms with Crippen molar-refractivity contribution in [3.8, 4) is 21.7 Å². The van der Waals surface area contributed by atoms with Crippen LogP contribution in [0.25, 0.3) is 21.7 Å². The predicted molar refractivity (Wildman–Crippen MR) is 103 cm³/mol. The van der Waals surface area contributed by atoms with Crippen LogP contribution in [0.5, 0.6) is 0 Å². The van der Waals surface area contributed by atoms with Crippen LogP contribution in [0.4, 0.5) is 0 Å². The Morgan fingerprint density at radius 1 is 1.19 bits per heavy atom. The molecule has 0 spiro atoms. The maximum Gasteiger partial charge on any atom is 0.338 e. The fourth-order valence-electron chi connectivity index (χ4n) is 2.65. The van der Waals surface area contributed by atoms with Crippen molar-refractivity contribution in [3.05, 3.63) is 53.3 Å². The second kappa shape index (κ2) is 7.74. The molecule has 0 radical (unpaired) electrons. The number of aryl methyl sites for hydroxylation is 1. The molecule has 0 saturated heterocycles. The fourth-order valence-corrected chi connectivity index (χ4v) is 3.46. The molecule has 2 heterocycles. The molecule has 0 saturated carbocycles. The Bertz CT molecular complexity index is 917. The molecule has 0 aliphatic carbocycles. The number of hydrogen-bond donors (Lipinski definition) is 0. The van der Waals surface area contributed by atoms with Crippen molar-refractivity contribution in [2.75, 3.05) is 6.61 Å². The summed E-state index contributed by atoms with van der Waals surface area (Å²) < 4.78 is 9.31.